The highest BCUT2D eigenvalue weighted by Crippen LogP contribution is 2.13. The van der Waals surface area contributed by atoms with Crippen LogP contribution in [0, 0.1) is 6.92 Å². The minimum absolute atomic E-state index is 0.549. The highest BCUT2D eigenvalue weighted by molar-refractivity contribution is 7.11. The van der Waals surface area contributed by atoms with E-state index in [1.165, 1.54) is 0 Å². The lowest BCUT2D eigenvalue weighted by Gasteiger charge is -1.98. The molecule has 80 valence electrons. The van der Waals surface area contributed by atoms with Gasteiger partial charge < -0.3 is 5.73 Å². The Morgan fingerprint density at radius 2 is 2.13 bits per heavy atom. The van der Waals surface area contributed by atoms with Crippen molar-refractivity contribution in [2.75, 3.05) is 5.73 Å². The Morgan fingerprint density at radius 1 is 1.40 bits per heavy atom. The van der Waals surface area contributed by atoms with E-state index in [2.05, 4.69) is 22.2 Å². The van der Waals surface area contributed by atoms with Crippen molar-refractivity contribution in [1.82, 2.24) is 20.0 Å². The molecule has 0 unspecified atom stereocenters. The first-order valence-electron chi connectivity index (χ1n) is 4.80. The van der Waals surface area contributed by atoms with E-state index in [1.54, 1.807) is 11.3 Å². The molecular formula is C9H13N5S. The van der Waals surface area contributed by atoms with Crippen LogP contribution in [-0.2, 0) is 13.0 Å². The van der Waals surface area contributed by atoms with Crippen molar-refractivity contribution in [2.24, 2.45) is 0 Å². The van der Waals surface area contributed by atoms with Gasteiger partial charge in [-0.3, -0.25) is 4.68 Å². The van der Waals surface area contributed by atoms with Crippen molar-refractivity contribution in [2.45, 2.75) is 26.8 Å². The minimum Gasteiger partial charge on any atom is -0.382 e. The largest absolute Gasteiger partial charge is 0.382 e. The smallest absolute Gasteiger partial charge is 0.145 e. The Labute approximate surface area is 91.9 Å². The van der Waals surface area contributed by atoms with Crippen LogP contribution in [-0.4, -0.2) is 20.0 Å². The molecule has 15 heavy (non-hydrogen) atoms. The van der Waals surface area contributed by atoms with Gasteiger partial charge in [-0.1, -0.05) is 18.3 Å². The van der Waals surface area contributed by atoms with Crippen LogP contribution in [0.15, 0.2) is 6.07 Å². The molecule has 0 saturated heterocycles. The third-order valence-corrected chi connectivity index (χ3v) is 3.15. The van der Waals surface area contributed by atoms with Gasteiger partial charge in [0, 0.05) is 11.8 Å². The molecule has 2 aromatic heterocycles. The fourth-order valence-corrected chi connectivity index (χ4v) is 2.09. The minimum atomic E-state index is 0.549. The summed E-state index contributed by atoms with van der Waals surface area (Å²) in [5.74, 6) is 0.549. The second-order valence-corrected chi connectivity index (χ2v) is 4.46. The highest BCUT2D eigenvalue weighted by atomic mass is 32.1. The van der Waals surface area contributed by atoms with Crippen LogP contribution in [0.5, 0.6) is 0 Å². The summed E-state index contributed by atoms with van der Waals surface area (Å²) in [5, 5.41) is 14.4. The number of anilines is 1. The van der Waals surface area contributed by atoms with Crippen molar-refractivity contribution in [3.8, 4) is 0 Å². The monoisotopic (exact) mass is 223 g/mol. The topological polar surface area (TPSA) is 69.6 Å². The van der Waals surface area contributed by atoms with Crippen LogP contribution in [0.25, 0.3) is 0 Å². The second kappa shape index (κ2) is 3.98. The van der Waals surface area contributed by atoms with Gasteiger partial charge in [0.15, 0.2) is 0 Å². The van der Waals surface area contributed by atoms with E-state index >= 15 is 0 Å². The zero-order valence-corrected chi connectivity index (χ0v) is 9.58. The summed E-state index contributed by atoms with van der Waals surface area (Å²) in [7, 11) is 0. The van der Waals surface area contributed by atoms with Gasteiger partial charge >= 0.3 is 0 Å². The van der Waals surface area contributed by atoms with E-state index in [-0.39, 0.29) is 0 Å². The number of nitrogens with two attached hydrogens (primary N) is 1. The van der Waals surface area contributed by atoms with Crippen LogP contribution in [0.3, 0.4) is 0 Å². The maximum absolute atomic E-state index is 5.60. The van der Waals surface area contributed by atoms with Gasteiger partial charge in [-0.15, -0.1) is 10.2 Å². The Morgan fingerprint density at radius 3 is 2.67 bits per heavy atom. The quantitative estimate of drug-likeness (QED) is 0.849. The van der Waals surface area contributed by atoms with Crippen molar-refractivity contribution in [3.05, 3.63) is 21.8 Å². The molecule has 0 aromatic carbocycles. The lowest BCUT2D eigenvalue weighted by Crippen LogP contribution is -2.03. The predicted molar refractivity (Wildman–Crippen MR) is 59.8 cm³/mol. The predicted octanol–water partition coefficient (Wildman–Crippen LogP) is 1.24. The van der Waals surface area contributed by atoms with Crippen LogP contribution in [0.2, 0.25) is 0 Å². The highest BCUT2D eigenvalue weighted by Gasteiger charge is 2.06. The molecule has 0 spiro atoms. The zero-order valence-electron chi connectivity index (χ0n) is 8.77. The molecule has 0 atom stereocenters. The van der Waals surface area contributed by atoms with Gasteiger partial charge in [0.25, 0.3) is 0 Å². The Bertz CT molecular complexity index is 459. The van der Waals surface area contributed by atoms with Crippen LogP contribution in [0.1, 0.15) is 22.6 Å². The molecule has 5 nitrogen and oxygen atoms in total. The molecule has 0 aliphatic carbocycles. The number of nitrogens with zero attached hydrogens (tertiary/aromatic N) is 4. The standard InChI is InChI=1S/C9H13N5S/c1-3-8-11-12-9(15-8)5-14-6(2)4-7(10)13-14/h4H,3,5H2,1-2H3,(H2,10,13). The first kappa shape index (κ1) is 10.1. The van der Waals surface area contributed by atoms with Gasteiger partial charge in [0.05, 0.1) is 6.54 Å². The molecule has 2 N–H and O–H groups in total. The number of nitrogen functional groups attached to an aromatic ring is 1. The molecule has 0 amide bonds. The molecule has 2 rings (SSSR count). The van der Waals surface area contributed by atoms with Gasteiger partial charge in [0.2, 0.25) is 0 Å². The van der Waals surface area contributed by atoms with E-state index in [0.29, 0.717) is 12.4 Å². The molecule has 0 radical (unpaired) electrons. The molecule has 2 aromatic rings. The summed E-state index contributed by atoms with van der Waals surface area (Å²) in [6.45, 7) is 4.70. The average molecular weight is 223 g/mol. The Balaban J connectivity index is 2.17. The van der Waals surface area contributed by atoms with Crippen molar-refractivity contribution < 1.29 is 0 Å². The van der Waals surface area contributed by atoms with E-state index in [9.17, 15) is 0 Å². The number of hydrogen-bond acceptors (Lipinski definition) is 5. The maximum atomic E-state index is 5.60. The number of aromatic nitrogens is 4. The van der Waals surface area contributed by atoms with E-state index in [1.807, 2.05) is 17.7 Å². The van der Waals surface area contributed by atoms with Crippen molar-refractivity contribution >= 4 is 17.2 Å². The van der Waals surface area contributed by atoms with Crippen LogP contribution >= 0.6 is 11.3 Å². The second-order valence-electron chi connectivity index (χ2n) is 3.31. The first-order chi connectivity index (χ1) is 7.19. The summed E-state index contributed by atoms with van der Waals surface area (Å²) in [5.41, 5.74) is 6.64. The molecule has 0 aliphatic heterocycles. The Hall–Kier alpha value is -1.43. The number of rotatable bonds is 3. The molecular weight excluding hydrogens is 210 g/mol. The summed E-state index contributed by atoms with van der Waals surface area (Å²) < 4.78 is 1.84. The summed E-state index contributed by atoms with van der Waals surface area (Å²) in [6, 6.07) is 1.85. The molecule has 0 fully saturated rings. The van der Waals surface area contributed by atoms with E-state index in [4.69, 9.17) is 5.73 Å². The molecule has 0 saturated carbocycles. The van der Waals surface area contributed by atoms with Gasteiger partial charge in [-0.2, -0.15) is 5.10 Å². The first-order valence-corrected chi connectivity index (χ1v) is 5.62. The van der Waals surface area contributed by atoms with Gasteiger partial charge in [-0.05, 0) is 13.3 Å². The Kier molecular flexibility index (Phi) is 2.68. The number of hydrogen-bond donors (Lipinski definition) is 1. The normalized spacial score (nSPS) is 10.8. The molecule has 2 heterocycles. The van der Waals surface area contributed by atoms with Gasteiger partial charge in [-0.25, -0.2) is 0 Å². The average Bonchev–Trinajstić information content (AvgIpc) is 2.75. The summed E-state index contributed by atoms with van der Waals surface area (Å²) in [6.07, 6.45) is 0.928. The molecule has 0 aliphatic rings. The zero-order chi connectivity index (χ0) is 10.8. The third-order valence-electron chi connectivity index (χ3n) is 2.10. The molecule has 0 bridgehead atoms. The van der Waals surface area contributed by atoms with E-state index < -0.39 is 0 Å². The van der Waals surface area contributed by atoms with Crippen molar-refractivity contribution in [1.29, 1.82) is 0 Å². The lowest BCUT2D eigenvalue weighted by atomic mass is 10.4. The summed E-state index contributed by atoms with van der Waals surface area (Å²) in [4.78, 5) is 0. The fraction of sp³-hybridized carbons (Fsp3) is 0.444. The van der Waals surface area contributed by atoms with Crippen LogP contribution in [0.4, 0.5) is 5.82 Å². The van der Waals surface area contributed by atoms with Gasteiger partial charge in [0.1, 0.15) is 15.8 Å². The SMILES string of the molecule is CCc1nnc(Cn2nc(N)cc2C)s1. The van der Waals surface area contributed by atoms with E-state index in [0.717, 1.165) is 22.1 Å². The number of aryl methyl sites for hydroxylation is 2. The molecule has 6 heteroatoms. The summed E-state index contributed by atoms with van der Waals surface area (Å²) >= 11 is 1.62. The third kappa shape index (κ3) is 2.15. The van der Waals surface area contributed by atoms with Crippen molar-refractivity contribution in [3.63, 3.8) is 0 Å². The van der Waals surface area contributed by atoms with Crippen LogP contribution < -0.4 is 5.73 Å². The fourth-order valence-electron chi connectivity index (χ4n) is 1.32. The lowest BCUT2D eigenvalue weighted by molar-refractivity contribution is 0.659. The maximum Gasteiger partial charge on any atom is 0.145 e.